The quantitative estimate of drug-likeness (QED) is 0.763. The molecule has 0 spiro atoms. The summed E-state index contributed by atoms with van der Waals surface area (Å²) in [7, 11) is 0. The van der Waals surface area contributed by atoms with Crippen molar-refractivity contribution in [2.75, 3.05) is 0 Å². The van der Waals surface area contributed by atoms with Gasteiger partial charge in [0, 0.05) is 12.8 Å². The summed E-state index contributed by atoms with van der Waals surface area (Å²) in [5, 5.41) is 22.8. The lowest BCUT2D eigenvalue weighted by atomic mass is 9.94. The molecule has 0 heterocycles. The molecule has 144 valence electrons. The van der Waals surface area contributed by atoms with E-state index in [9.17, 15) is 19.8 Å². The Labute approximate surface area is 160 Å². The molecule has 1 aliphatic rings. The Balaban J connectivity index is 0.00000126. The molecule has 2 aromatic rings. The maximum absolute atomic E-state index is 12.7. The van der Waals surface area contributed by atoms with Crippen molar-refractivity contribution in [1.29, 1.82) is 0 Å². The van der Waals surface area contributed by atoms with Crippen LogP contribution in [-0.2, 0) is 17.6 Å². The van der Waals surface area contributed by atoms with Gasteiger partial charge in [-0.3, -0.25) is 4.79 Å². The van der Waals surface area contributed by atoms with Gasteiger partial charge in [0.05, 0.1) is 5.56 Å². The Morgan fingerprint density at radius 3 is 2.04 bits per heavy atom. The number of amides is 1. The minimum absolute atomic E-state index is 0.0527. The van der Waals surface area contributed by atoms with Crippen molar-refractivity contribution in [2.45, 2.75) is 52.0 Å². The highest BCUT2D eigenvalue weighted by Crippen LogP contribution is 2.33. The number of benzene rings is 2. The highest BCUT2D eigenvalue weighted by atomic mass is 16.4. The molecule has 0 fully saturated rings. The Kier molecular flexibility index (Phi) is 6.26. The van der Waals surface area contributed by atoms with Gasteiger partial charge >= 0.3 is 5.97 Å². The van der Waals surface area contributed by atoms with E-state index in [-0.39, 0.29) is 30.1 Å². The molecule has 0 saturated carbocycles. The SMILES string of the molecule is CC.CC(C)c1cccc(C(=O)NC2(C(=O)O)Cc3ccccc3C2)c1O. The third-order valence-electron chi connectivity index (χ3n) is 4.80. The average Bonchev–Trinajstić information content (AvgIpc) is 3.02. The van der Waals surface area contributed by atoms with Crippen molar-refractivity contribution in [2.24, 2.45) is 0 Å². The van der Waals surface area contributed by atoms with E-state index >= 15 is 0 Å². The van der Waals surface area contributed by atoms with Gasteiger partial charge in [0.25, 0.3) is 5.91 Å². The van der Waals surface area contributed by atoms with Gasteiger partial charge in [-0.05, 0) is 28.7 Å². The summed E-state index contributed by atoms with van der Waals surface area (Å²) in [6.07, 6.45) is 0.462. The third kappa shape index (κ3) is 3.97. The van der Waals surface area contributed by atoms with Crippen LogP contribution in [0.2, 0.25) is 0 Å². The fourth-order valence-corrected chi connectivity index (χ4v) is 3.40. The van der Waals surface area contributed by atoms with Gasteiger partial charge in [-0.2, -0.15) is 0 Å². The largest absolute Gasteiger partial charge is 0.507 e. The summed E-state index contributed by atoms with van der Waals surface area (Å²) in [4.78, 5) is 24.7. The van der Waals surface area contributed by atoms with Crippen molar-refractivity contribution < 1.29 is 19.8 Å². The van der Waals surface area contributed by atoms with Gasteiger partial charge in [0.1, 0.15) is 11.3 Å². The van der Waals surface area contributed by atoms with E-state index in [0.717, 1.165) is 11.1 Å². The van der Waals surface area contributed by atoms with Crippen LogP contribution in [0.15, 0.2) is 42.5 Å². The molecule has 0 saturated heterocycles. The molecule has 1 aliphatic carbocycles. The van der Waals surface area contributed by atoms with Gasteiger partial charge in [-0.1, -0.05) is 64.1 Å². The van der Waals surface area contributed by atoms with E-state index in [0.29, 0.717) is 5.56 Å². The molecule has 27 heavy (non-hydrogen) atoms. The fraction of sp³-hybridized carbons (Fsp3) is 0.364. The van der Waals surface area contributed by atoms with Gasteiger partial charge < -0.3 is 15.5 Å². The highest BCUT2D eigenvalue weighted by Gasteiger charge is 2.45. The first-order valence-corrected chi connectivity index (χ1v) is 9.28. The molecule has 5 nitrogen and oxygen atoms in total. The Bertz CT molecular complexity index is 817. The number of para-hydroxylation sites is 1. The Hall–Kier alpha value is -2.82. The number of phenols is 1. The summed E-state index contributed by atoms with van der Waals surface area (Å²) in [6.45, 7) is 7.84. The molecular formula is C22H27NO4. The minimum atomic E-state index is -1.39. The number of hydrogen-bond acceptors (Lipinski definition) is 3. The van der Waals surface area contributed by atoms with E-state index < -0.39 is 17.4 Å². The molecule has 2 aromatic carbocycles. The lowest BCUT2D eigenvalue weighted by molar-refractivity contribution is -0.144. The maximum atomic E-state index is 12.7. The zero-order valence-electron chi connectivity index (χ0n) is 16.2. The first kappa shape index (κ1) is 20.5. The molecule has 0 aliphatic heterocycles. The van der Waals surface area contributed by atoms with E-state index in [1.807, 2.05) is 52.0 Å². The summed E-state index contributed by atoms with van der Waals surface area (Å²) in [5.41, 5.74) is 1.21. The van der Waals surface area contributed by atoms with Crippen LogP contribution >= 0.6 is 0 Å². The first-order valence-electron chi connectivity index (χ1n) is 9.28. The number of aliphatic carboxylic acids is 1. The number of rotatable bonds is 4. The van der Waals surface area contributed by atoms with E-state index in [4.69, 9.17) is 0 Å². The van der Waals surface area contributed by atoms with Crippen molar-refractivity contribution in [3.8, 4) is 5.75 Å². The number of aromatic hydroxyl groups is 1. The monoisotopic (exact) mass is 369 g/mol. The zero-order chi connectivity index (χ0) is 20.2. The number of carboxylic acid groups (broad SMARTS) is 1. The lowest BCUT2D eigenvalue weighted by Crippen LogP contribution is -2.55. The number of phenolic OH excluding ortho intramolecular Hbond substituents is 1. The van der Waals surface area contributed by atoms with Crippen LogP contribution in [0.5, 0.6) is 5.75 Å². The number of carboxylic acids is 1. The summed E-state index contributed by atoms with van der Waals surface area (Å²) >= 11 is 0. The topological polar surface area (TPSA) is 86.6 Å². The summed E-state index contributed by atoms with van der Waals surface area (Å²) in [6, 6.07) is 12.4. The zero-order valence-corrected chi connectivity index (χ0v) is 16.2. The molecule has 0 bridgehead atoms. The van der Waals surface area contributed by atoms with Crippen molar-refractivity contribution in [3.05, 3.63) is 64.7 Å². The number of carbonyl (C=O) groups is 2. The van der Waals surface area contributed by atoms with Crippen molar-refractivity contribution in [3.63, 3.8) is 0 Å². The first-order chi connectivity index (χ1) is 12.8. The highest BCUT2D eigenvalue weighted by molar-refractivity contribution is 6.00. The predicted molar refractivity (Wildman–Crippen MR) is 105 cm³/mol. The van der Waals surface area contributed by atoms with Crippen LogP contribution in [-0.4, -0.2) is 27.6 Å². The van der Waals surface area contributed by atoms with Crippen molar-refractivity contribution >= 4 is 11.9 Å². The van der Waals surface area contributed by atoms with Crippen molar-refractivity contribution in [1.82, 2.24) is 5.32 Å². The lowest BCUT2D eigenvalue weighted by Gasteiger charge is -2.26. The number of hydrogen-bond donors (Lipinski definition) is 3. The van der Waals surface area contributed by atoms with Crippen LogP contribution in [0.1, 0.15) is 60.7 Å². The minimum Gasteiger partial charge on any atom is -0.507 e. The van der Waals surface area contributed by atoms with Gasteiger partial charge in [-0.25, -0.2) is 4.79 Å². The van der Waals surface area contributed by atoms with Crippen LogP contribution in [0.25, 0.3) is 0 Å². The normalized spacial score (nSPS) is 14.1. The maximum Gasteiger partial charge on any atom is 0.330 e. The van der Waals surface area contributed by atoms with E-state index in [1.165, 1.54) is 6.07 Å². The molecule has 0 atom stereocenters. The smallest absolute Gasteiger partial charge is 0.330 e. The van der Waals surface area contributed by atoms with Gasteiger partial charge in [-0.15, -0.1) is 0 Å². The Morgan fingerprint density at radius 1 is 1.00 bits per heavy atom. The second-order valence-corrected chi connectivity index (χ2v) is 6.86. The van der Waals surface area contributed by atoms with E-state index in [1.54, 1.807) is 12.1 Å². The van der Waals surface area contributed by atoms with Crippen LogP contribution in [0.3, 0.4) is 0 Å². The summed E-state index contributed by atoms with van der Waals surface area (Å²) < 4.78 is 0. The van der Waals surface area contributed by atoms with Gasteiger partial charge in [0.2, 0.25) is 0 Å². The molecule has 3 rings (SSSR count). The standard InChI is InChI=1S/C20H21NO4.C2H6/c1-12(2)15-8-5-9-16(17(15)22)18(23)21-20(19(24)25)10-13-6-3-4-7-14(13)11-20;1-2/h3-9,12,22H,10-11H2,1-2H3,(H,21,23)(H,24,25);1-2H3. The second kappa shape index (κ2) is 8.25. The van der Waals surface area contributed by atoms with Crippen LogP contribution < -0.4 is 5.32 Å². The molecule has 0 unspecified atom stereocenters. The molecule has 0 radical (unpaired) electrons. The number of fused-ring (bicyclic) bond motifs is 1. The fourth-order valence-electron chi connectivity index (χ4n) is 3.40. The van der Waals surface area contributed by atoms with Gasteiger partial charge in [0.15, 0.2) is 0 Å². The third-order valence-corrected chi connectivity index (χ3v) is 4.80. The number of carbonyl (C=O) groups excluding carboxylic acids is 1. The molecule has 3 N–H and O–H groups in total. The molecule has 1 amide bonds. The molecular weight excluding hydrogens is 342 g/mol. The average molecular weight is 369 g/mol. The Morgan fingerprint density at radius 2 is 1.56 bits per heavy atom. The number of nitrogens with one attached hydrogen (secondary N) is 1. The van der Waals surface area contributed by atoms with Crippen LogP contribution in [0, 0.1) is 0 Å². The van der Waals surface area contributed by atoms with E-state index in [2.05, 4.69) is 5.32 Å². The second-order valence-electron chi connectivity index (χ2n) is 6.86. The molecule has 5 heteroatoms. The van der Waals surface area contributed by atoms with Crippen LogP contribution in [0.4, 0.5) is 0 Å². The molecule has 0 aromatic heterocycles. The summed E-state index contributed by atoms with van der Waals surface area (Å²) in [5.74, 6) is -1.69. The predicted octanol–water partition coefficient (Wildman–Crippen LogP) is 3.89.